The van der Waals surface area contributed by atoms with Crippen molar-refractivity contribution in [3.05, 3.63) is 35.7 Å². The lowest BCUT2D eigenvalue weighted by Crippen LogP contribution is -2.12. The van der Waals surface area contributed by atoms with Gasteiger partial charge in [0.05, 0.1) is 22.9 Å². The molecule has 0 atom stereocenters. The fraction of sp³-hybridized carbons (Fsp3) is 0.333. The smallest absolute Gasteiger partial charge is 0.238 e. The highest BCUT2D eigenvalue weighted by molar-refractivity contribution is 7.89. The summed E-state index contributed by atoms with van der Waals surface area (Å²) in [5.41, 5.74) is 2.02. The van der Waals surface area contributed by atoms with E-state index >= 15 is 0 Å². The summed E-state index contributed by atoms with van der Waals surface area (Å²) in [5, 5.41) is 22.2. The molecule has 1 aromatic heterocycles. The lowest BCUT2D eigenvalue weighted by atomic mass is 10.2. The zero-order chi connectivity index (χ0) is 14.8. The summed E-state index contributed by atoms with van der Waals surface area (Å²) in [5.74, 6) is 0. The molecule has 108 valence electrons. The predicted molar refractivity (Wildman–Crippen MR) is 72.7 cm³/mol. The molecule has 2 rings (SSSR count). The van der Waals surface area contributed by atoms with Crippen LogP contribution in [0.1, 0.15) is 24.7 Å². The maximum atomic E-state index is 11.2. The van der Waals surface area contributed by atoms with Gasteiger partial charge < -0.3 is 5.11 Å². The van der Waals surface area contributed by atoms with E-state index in [1.807, 2.05) is 6.92 Å². The van der Waals surface area contributed by atoms with Gasteiger partial charge in [-0.1, -0.05) is 18.6 Å². The van der Waals surface area contributed by atoms with E-state index in [0.29, 0.717) is 11.4 Å². The molecule has 0 bridgehead atoms. The molecule has 0 unspecified atom stereocenters. The standard InChI is InChI=1S/C12H16N4O3S/c1-2-3-12-11(8-17)14-15-16(12)9-4-6-10(7-5-9)20(13,18)19/h4-7,17H,2-3,8H2,1H3,(H2,13,18,19). The van der Waals surface area contributed by atoms with Gasteiger partial charge in [-0.3, -0.25) is 0 Å². The lowest BCUT2D eigenvalue weighted by molar-refractivity contribution is 0.275. The molecule has 2 aromatic rings. The Bertz CT molecular complexity index is 692. The third-order valence-electron chi connectivity index (χ3n) is 2.89. The van der Waals surface area contributed by atoms with Crippen LogP contribution in [0.4, 0.5) is 0 Å². The highest BCUT2D eigenvalue weighted by Crippen LogP contribution is 2.17. The van der Waals surface area contributed by atoms with Crippen molar-refractivity contribution in [1.29, 1.82) is 0 Å². The quantitative estimate of drug-likeness (QED) is 0.827. The molecule has 7 nitrogen and oxygen atoms in total. The second kappa shape index (κ2) is 5.70. The van der Waals surface area contributed by atoms with Crippen LogP contribution in [0.15, 0.2) is 29.2 Å². The number of rotatable bonds is 5. The first kappa shape index (κ1) is 14.6. The highest BCUT2D eigenvalue weighted by Gasteiger charge is 2.14. The van der Waals surface area contributed by atoms with E-state index in [9.17, 15) is 13.5 Å². The molecule has 0 spiro atoms. The first-order valence-electron chi connectivity index (χ1n) is 6.15. The molecule has 0 amide bonds. The van der Waals surface area contributed by atoms with Crippen LogP contribution in [0.3, 0.4) is 0 Å². The van der Waals surface area contributed by atoms with Crippen molar-refractivity contribution in [3.63, 3.8) is 0 Å². The average molecular weight is 296 g/mol. The third kappa shape index (κ3) is 2.87. The molecule has 3 N–H and O–H groups in total. The van der Waals surface area contributed by atoms with Crippen molar-refractivity contribution in [3.8, 4) is 5.69 Å². The number of primary sulfonamides is 1. The van der Waals surface area contributed by atoms with Gasteiger partial charge in [-0.15, -0.1) is 5.10 Å². The Labute approximate surface area is 117 Å². The molecule has 1 aromatic carbocycles. The molecule has 0 saturated carbocycles. The van der Waals surface area contributed by atoms with Crippen molar-refractivity contribution in [2.75, 3.05) is 0 Å². The SMILES string of the molecule is CCCc1c(CO)nnn1-c1ccc(S(N)(=O)=O)cc1. The number of benzene rings is 1. The van der Waals surface area contributed by atoms with Crippen LogP contribution in [0.5, 0.6) is 0 Å². The van der Waals surface area contributed by atoms with Gasteiger partial charge in [-0.25, -0.2) is 18.2 Å². The van der Waals surface area contributed by atoms with Crippen LogP contribution in [0.2, 0.25) is 0 Å². The summed E-state index contributed by atoms with van der Waals surface area (Å²) in [6.07, 6.45) is 1.61. The van der Waals surface area contributed by atoms with Gasteiger partial charge in [0, 0.05) is 0 Å². The molecule has 8 heteroatoms. The summed E-state index contributed by atoms with van der Waals surface area (Å²) in [6.45, 7) is 1.84. The fourth-order valence-corrected chi connectivity index (χ4v) is 2.44. The average Bonchev–Trinajstić information content (AvgIpc) is 2.81. The third-order valence-corrected chi connectivity index (χ3v) is 3.82. The van der Waals surface area contributed by atoms with Crippen molar-refractivity contribution < 1.29 is 13.5 Å². The van der Waals surface area contributed by atoms with Crippen LogP contribution in [-0.2, 0) is 23.1 Å². The summed E-state index contributed by atoms with van der Waals surface area (Å²) in [4.78, 5) is 0.0424. The number of nitrogens with zero attached hydrogens (tertiary/aromatic N) is 3. The van der Waals surface area contributed by atoms with E-state index in [-0.39, 0.29) is 11.5 Å². The summed E-state index contributed by atoms with van der Waals surface area (Å²) in [7, 11) is -3.71. The molecule has 0 radical (unpaired) electrons. The van der Waals surface area contributed by atoms with Crippen LogP contribution < -0.4 is 5.14 Å². The van der Waals surface area contributed by atoms with E-state index in [4.69, 9.17) is 5.14 Å². The maximum Gasteiger partial charge on any atom is 0.238 e. The van der Waals surface area contributed by atoms with Crippen LogP contribution in [-0.4, -0.2) is 28.5 Å². The van der Waals surface area contributed by atoms with Gasteiger partial charge in [0.25, 0.3) is 0 Å². The maximum absolute atomic E-state index is 11.2. The van der Waals surface area contributed by atoms with Crippen molar-refractivity contribution in [2.45, 2.75) is 31.3 Å². The normalized spacial score (nSPS) is 11.8. The first-order chi connectivity index (χ1) is 9.47. The number of hydrogen-bond donors (Lipinski definition) is 2. The number of aliphatic hydroxyl groups excluding tert-OH is 1. The number of aliphatic hydroxyl groups is 1. The second-order valence-corrected chi connectivity index (χ2v) is 5.90. The Hall–Kier alpha value is -1.77. The molecular formula is C12H16N4O3S. The molecule has 0 aliphatic rings. The Morgan fingerprint density at radius 1 is 1.30 bits per heavy atom. The minimum atomic E-state index is -3.71. The van der Waals surface area contributed by atoms with Gasteiger partial charge in [-0.2, -0.15) is 0 Å². The molecule has 0 aliphatic carbocycles. The Balaban J connectivity index is 2.44. The van der Waals surface area contributed by atoms with Gasteiger partial charge in [0.2, 0.25) is 10.0 Å². The van der Waals surface area contributed by atoms with E-state index in [2.05, 4.69) is 10.3 Å². The number of sulfonamides is 1. The van der Waals surface area contributed by atoms with Gasteiger partial charge in [-0.05, 0) is 30.7 Å². The van der Waals surface area contributed by atoms with Crippen LogP contribution in [0.25, 0.3) is 5.69 Å². The Morgan fingerprint density at radius 2 is 1.95 bits per heavy atom. The monoisotopic (exact) mass is 296 g/mol. The van der Waals surface area contributed by atoms with Crippen LogP contribution >= 0.6 is 0 Å². The van der Waals surface area contributed by atoms with E-state index < -0.39 is 10.0 Å². The Morgan fingerprint density at radius 3 is 2.45 bits per heavy atom. The largest absolute Gasteiger partial charge is 0.390 e. The summed E-state index contributed by atoms with van der Waals surface area (Å²) in [6, 6.07) is 6.05. The van der Waals surface area contributed by atoms with E-state index in [1.165, 1.54) is 12.1 Å². The predicted octanol–water partition coefficient (Wildman–Crippen LogP) is 0.360. The van der Waals surface area contributed by atoms with Gasteiger partial charge in [0.15, 0.2) is 0 Å². The Kier molecular flexibility index (Phi) is 4.17. The van der Waals surface area contributed by atoms with Crippen molar-refractivity contribution >= 4 is 10.0 Å². The highest BCUT2D eigenvalue weighted by atomic mass is 32.2. The molecular weight excluding hydrogens is 280 g/mol. The zero-order valence-electron chi connectivity index (χ0n) is 11.0. The fourth-order valence-electron chi connectivity index (χ4n) is 1.93. The molecule has 0 fully saturated rings. The second-order valence-electron chi connectivity index (χ2n) is 4.34. The summed E-state index contributed by atoms with van der Waals surface area (Å²) < 4.78 is 24.0. The minimum Gasteiger partial charge on any atom is -0.390 e. The first-order valence-corrected chi connectivity index (χ1v) is 7.69. The summed E-state index contributed by atoms with van der Waals surface area (Å²) >= 11 is 0. The molecule has 0 saturated heterocycles. The van der Waals surface area contributed by atoms with Crippen LogP contribution in [0, 0.1) is 0 Å². The minimum absolute atomic E-state index is 0.0424. The number of hydrogen-bond acceptors (Lipinski definition) is 5. The van der Waals surface area contributed by atoms with Crippen molar-refractivity contribution in [1.82, 2.24) is 15.0 Å². The topological polar surface area (TPSA) is 111 Å². The molecule has 20 heavy (non-hydrogen) atoms. The molecule has 1 heterocycles. The number of nitrogens with two attached hydrogens (primary N) is 1. The zero-order valence-corrected chi connectivity index (χ0v) is 11.8. The van der Waals surface area contributed by atoms with Gasteiger partial charge >= 0.3 is 0 Å². The van der Waals surface area contributed by atoms with E-state index in [0.717, 1.165) is 18.5 Å². The number of aromatic nitrogens is 3. The van der Waals surface area contributed by atoms with E-state index in [1.54, 1.807) is 16.8 Å². The molecule has 0 aliphatic heterocycles. The van der Waals surface area contributed by atoms with Crippen molar-refractivity contribution in [2.24, 2.45) is 5.14 Å². The van der Waals surface area contributed by atoms with Gasteiger partial charge in [0.1, 0.15) is 5.69 Å². The lowest BCUT2D eigenvalue weighted by Gasteiger charge is -2.07.